The lowest BCUT2D eigenvalue weighted by Crippen LogP contribution is -2.41. The minimum absolute atomic E-state index is 0.119. The summed E-state index contributed by atoms with van der Waals surface area (Å²) in [4.78, 5) is 23.0. The molecule has 3 atom stereocenters. The first-order valence-corrected chi connectivity index (χ1v) is 4.13. The van der Waals surface area contributed by atoms with Gasteiger partial charge in [0.1, 0.15) is 6.04 Å². The van der Waals surface area contributed by atoms with Crippen molar-refractivity contribution in [3.63, 3.8) is 0 Å². The van der Waals surface area contributed by atoms with Gasteiger partial charge in [0.25, 0.3) is 0 Å². The van der Waals surface area contributed by atoms with Crippen LogP contribution in [0.25, 0.3) is 0 Å². The number of aliphatic hydroxyl groups is 1. The van der Waals surface area contributed by atoms with E-state index in [0.717, 1.165) is 0 Å². The third-order valence-electron chi connectivity index (χ3n) is 2.48. The van der Waals surface area contributed by atoms with Gasteiger partial charge in [0.2, 0.25) is 5.91 Å². The Morgan fingerprint density at radius 3 is 2.31 bits per heavy atom. The summed E-state index contributed by atoms with van der Waals surface area (Å²) in [7, 11) is 0. The molecule has 0 bridgehead atoms. The zero-order valence-electron chi connectivity index (χ0n) is 7.60. The van der Waals surface area contributed by atoms with Crippen LogP contribution in [0.3, 0.4) is 0 Å². The van der Waals surface area contributed by atoms with E-state index in [-0.39, 0.29) is 12.5 Å². The highest BCUT2D eigenvalue weighted by molar-refractivity contribution is 5.83. The molecule has 0 aliphatic carbocycles. The van der Waals surface area contributed by atoms with Gasteiger partial charge in [-0.05, 0) is 0 Å². The summed E-state index contributed by atoms with van der Waals surface area (Å²) >= 11 is 0. The van der Waals surface area contributed by atoms with E-state index in [0.29, 0.717) is 0 Å². The molecule has 0 radical (unpaired) electrons. The van der Waals surface area contributed by atoms with Gasteiger partial charge in [-0.25, -0.2) is 4.79 Å². The minimum Gasteiger partial charge on any atom is -0.480 e. The maximum atomic E-state index is 11.0. The lowest BCUT2D eigenvalue weighted by Gasteiger charge is -2.20. The molecule has 1 aliphatic rings. The van der Waals surface area contributed by atoms with E-state index < -0.39 is 24.0 Å². The summed E-state index contributed by atoms with van der Waals surface area (Å²) in [6.07, 6.45) is -0.731. The van der Waals surface area contributed by atoms with Gasteiger partial charge in [0.05, 0.1) is 6.10 Å². The largest absolute Gasteiger partial charge is 0.480 e. The highest BCUT2D eigenvalue weighted by atomic mass is 16.4. The first kappa shape index (κ1) is 9.98. The number of carbonyl (C=O) groups excluding carboxylic acids is 1. The number of β-amino-alcohol motifs (C(OH)–C–C–N with tert-alkyl or cyclic N) is 1. The second kappa shape index (κ2) is 3.33. The van der Waals surface area contributed by atoms with Crippen molar-refractivity contribution in [2.24, 2.45) is 5.92 Å². The van der Waals surface area contributed by atoms with Gasteiger partial charge in [-0.2, -0.15) is 0 Å². The summed E-state index contributed by atoms with van der Waals surface area (Å²) in [6, 6.07) is -0.882. The van der Waals surface area contributed by atoms with Crippen LogP contribution in [0.15, 0.2) is 0 Å². The predicted octanol–water partition coefficient (Wildman–Crippen LogP) is -0.701. The number of likely N-dealkylation sites (tertiary alicyclic amines) is 1. The number of amides is 1. The van der Waals surface area contributed by atoms with E-state index in [1.54, 1.807) is 6.92 Å². The maximum absolute atomic E-state index is 11.0. The Hall–Kier alpha value is -1.10. The molecule has 1 saturated heterocycles. The summed E-state index contributed by atoms with van der Waals surface area (Å²) in [5.74, 6) is -1.77. The van der Waals surface area contributed by atoms with Gasteiger partial charge in [-0.15, -0.1) is 0 Å². The Bertz CT molecular complexity index is 240. The quantitative estimate of drug-likeness (QED) is 0.569. The van der Waals surface area contributed by atoms with Crippen LogP contribution in [0.4, 0.5) is 0 Å². The number of carboxylic acids is 1. The van der Waals surface area contributed by atoms with Crippen molar-refractivity contribution < 1.29 is 19.8 Å². The first-order valence-electron chi connectivity index (χ1n) is 4.13. The highest BCUT2D eigenvalue weighted by Gasteiger charge is 2.43. The molecule has 74 valence electrons. The third-order valence-corrected chi connectivity index (χ3v) is 2.48. The Morgan fingerprint density at radius 2 is 2.00 bits per heavy atom. The Labute approximate surface area is 76.0 Å². The maximum Gasteiger partial charge on any atom is 0.326 e. The van der Waals surface area contributed by atoms with Crippen molar-refractivity contribution in [3.8, 4) is 0 Å². The Morgan fingerprint density at radius 1 is 1.46 bits per heavy atom. The number of nitrogens with zero attached hydrogens (tertiary/aromatic N) is 1. The number of aliphatic hydroxyl groups excluding tert-OH is 1. The summed E-state index contributed by atoms with van der Waals surface area (Å²) < 4.78 is 0. The molecule has 5 nitrogen and oxygen atoms in total. The van der Waals surface area contributed by atoms with Crippen LogP contribution in [0.1, 0.15) is 13.8 Å². The average Bonchev–Trinajstić information content (AvgIpc) is 2.28. The SMILES string of the molecule is CC(=O)N1C[C@@H](O)C(C)[C@H]1C(=O)O. The standard InChI is InChI=1S/C8H13NO4/c1-4-6(11)3-9(5(2)10)7(4)8(12)13/h4,6-7,11H,3H2,1-2H3,(H,12,13)/t4?,6-,7+/m1/s1. The van der Waals surface area contributed by atoms with Gasteiger partial charge in [-0.3, -0.25) is 4.79 Å². The van der Waals surface area contributed by atoms with Gasteiger partial charge in [0, 0.05) is 19.4 Å². The average molecular weight is 187 g/mol. The summed E-state index contributed by atoms with van der Waals surface area (Å²) in [5, 5.41) is 18.2. The van der Waals surface area contributed by atoms with Crippen molar-refractivity contribution in [2.75, 3.05) is 6.54 Å². The number of hydrogen-bond acceptors (Lipinski definition) is 3. The van der Waals surface area contributed by atoms with Crippen LogP contribution < -0.4 is 0 Å². The van der Waals surface area contributed by atoms with Crippen molar-refractivity contribution >= 4 is 11.9 Å². The number of carboxylic acid groups (broad SMARTS) is 1. The molecule has 1 aliphatic heterocycles. The molecule has 0 aromatic rings. The number of hydrogen-bond donors (Lipinski definition) is 2. The zero-order chi connectivity index (χ0) is 10.2. The van der Waals surface area contributed by atoms with E-state index in [4.69, 9.17) is 5.11 Å². The van der Waals surface area contributed by atoms with Gasteiger partial charge in [0.15, 0.2) is 0 Å². The number of aliphatic carboxylic acids is 1. The van der Waals surface area contributed by atoms with Crippen LogP contribution >= 0.6 is 0 Å². The molecule has 0 aromatic carbocycles. The fraction of sp³-hybridized carbons (Fsp3) is 0.750. The molecule has 0 saturated carbocycles. The zero-order valence-corrected chi connectivity index (χ0v) is 7.60. The van der Waals surface area contributed by atoms with Crippen molar-refractivity contribution in [1.82, 2.24) is 4.90 Å². The van der Waals surface area contributed by atoms with Crippen LogP contribution in [-0.4, -0.2) is 45.7 Å². The fourth-order valence-corrected chi connectivity index (χ4v) is 1.66. The van der Waals surface area contributed by atoms with Crippen LogP contribution in [0.5, 0.6) is 0 Å². The van der Waals surface area contributed by atoms with E-state index in [2.05, 4.69) is 0 Å². The van der Waals surface area contributed by atoms with Gasteiger partial charge >= 0.3 is 5.97 Å². The van der Waals surface area contributed by atoms with Crippen molar-refractivity contribution in [2.45, 2.75) is 26.0 Å². The number of carbonyl (C=O) groups is 2. The second-order valence-electron chi connectivity index (χ2n) is 3.38. The topological polar surface area (TPSA) is 77.8 Å². The first-order chi connectivity index (χ1) is 5.95. The third kappa shape index (κ3) is 1.65. The summed E-state index contributed by atoms with van der Waals surface area (Å²) in [6.45, 7) is 3.06. The van der Waals surface area contributed by atoms with Crippen LogP contribution in [0, 0.1) is 5.92 Å². The number of rotatable bonds is 1. The fourth-order valence-electron chi connectivity index (χ4n) is 1.66. The molecule has 1 amide bonds. The van der Waals surface area contributed by atoms with Crippen molar-refractivity contribution in [1.29, 1.82) is 0 Å². The van der Waals surface area contributed by atoms with E-state index in [1.165, 1.54) is 11.8 Å². The lowest BCUT2D eigenvalue weighted by atomic mass is 10.0. The molecule has 1 fully saturated rings. The highest BCUT2D eigenvalue weighted by Crippen LogP contribution is 2.24. The van der Waals surface area contributed by atoms with E-state index in [9.17, 15) is 14.7 Å². The predicted molar refractivity (Wildman–Crippen MR) is 44.0 cm³/mol. The minimum atomic E-state index is -1.06. The molecule has 1 unspecified atom stereocenters. The molecule has 1 rings (SSSR count). The molecular weight excluding hydrogens is 174 g/mol. The summed E-state index contributed by atoms with van der Waals surface area (Å²) in [5.41, 5.74) is 0. The Kier molecular flexibility index (Phi) is 2.56. The molecule has 0 aromatic heterocycles. The smallest absolute Gasteiger partial charge is 0.326 e. The lowest BCUT2D eigenvalue weighted by molar-refractivity contribution is -0.148. The Balaban J connectivity index is 2.86. The van der Waals surface area contributed by atoms with Gasteiger partial charge < -0.3 is 15.1 Å². The molecule has 0 spiro atoms. The molecule has 5 heteroatoms. The second-order valence-corrected chi connectivity index (χ2v) is 3.38. The molecule has 13 heavy (non-hydrogen) atoms. The van der Waals surface area contributed by atoms with E-state index in [1.807, 2.05) is 0 Å². The van der Waals surface area contributed by atoms with E-state index >= 15 is 0 Å². The van der Waals surface area contributed by atoms with Gasteiger partial charge in [-0.1, -0.05) is 6.92 Å². The normalized spacial score (nSPS) is 33.5. The molecule has 2 N–H and O–H groups in total. The van der Waals surface area contributed by atoms with Crippen LogP contribution in [0.2, 0.25) is 0 Å². The van der Waals surface area contributed by atoms with Crippen molar-refractivity contribution in [3.05, 3.63) is 0 Å². The van der Waals surface area contributed by atoms with Crippen LogP contribution in [-0.2, 0) is 9.59 Å². The monoisotopic (exact) mass is 187 g/mol. The molecule has 1 heterocycles. The molecular formula is C8H13NO4.